The largest absolute Gasteiger partial charge is 0.383 e. The van der Waals surface area contributed by atoms with Gasteiger partial charge in [0.05, 0.1) is 25.7 Å². The van der Waals surface area contributed by atoms with Crippen LogP contribution in [0.4, 0.5) is 0 Å². The Morgan fingerprint density at radius 2 is 2.35 bits per heavy atom. The molecule has 2 aliphatic heterocycles. The topological polar surface area (TPSA) is 42.0 Å². The van der Waals surface area contributed by atoms with Crippen LogP contribution < -0.4 is 0 Å². The standard InChI is InChI=1S/C17H26N2O3S/c1-21-8-6-18-7-9-22-16-13-19(5-4-14(16)12-18)17(20)11-15-3-2-10-23-15/h2-3,10,14,16H,4-9,11-13H2,1H3/t14-,16-/m1/s1. The van der Waals surface area contributed by atoms with Gasteiger partial charge in [-0.15, -0.1) is 11.3 Å². The monoisotopic (exact) mass is 338 g/mol. The second-order valence-corrected chi connectivity index (χ2v) is 7.38. The van der Waals surface area contributed by atoms with E-state index in [0.29, 0.717) is 12.3 Å². The van der Waals surface area contributed by atoms with Crippen LogP contribution in [-0.2, 0) is 20.7 Å². The van der Waals surface area contributed by atoms with Gasteiger partial charge in [-0.3, -0.25) is 9.69 Å². The maximum Gasteiger partial charge on any atom is 0.227 e. The Hall–Kier alpha value is -0.950. The molecule has 0 unspecified atom stereocenters. The van der Waals surface area contributed by atoms with Crippen molar-refractivity contribution in [2.45, 2.75) is 18.9 Å². The van der Waals surface area contributed by atoms with Crippen molar-refractivity contribution in [2.75, 3.05) is 53.0 Å². The van der Waals surface area contributed by atoms with E-state index in [0.717, 1.165) is 57.2 Å². The summed E-state index contributed by atoms with van der Waals surface area (Å²) in [6.45, 7) is 6.09. The van der Waals surface area contributed by atoms with Crippen molar-refractivity contribution in [3.8, 4) is 0 Å². The average Bonchev–Trinajstić information content (AvgIpc) is 2.97. The molecule has 0 radical (unpaired) electrons. The summed E-state index contributed by atoms with van der Waals surface area (Å²) in [7, 11) is 1.74. The zero-order chi connectivity index (χ0) is 16.1. The first kappa shape index (κ1) is 16.9. The number of fused-ring (bicyclic) bond motifs is 1. The van der Waals surface area contributed by atoms with Crippen molar-refractivity contribution in [2.24, 2.45) is 5.92 Å². The highest BCUT2D eigenvalue weighted by Gasteiger charge is 2.34. The smallest absolute Gasteiger partial charge is 0.227 e. The Bertz CT molecular complexity index is 494. The zero-order valence-electron chi connectivity index (χ0n) is 13.8. The molecular weight excluding hydrogens is 312 g/mol. The van der Waals surface area contributed by atoms with Gasteiger partial charge < -0.3 is 14.4 Å². The molecule has 3 rings (SSSR count). The molecule has 1 aromatic rings. The fraction of sp³-hybridized carbons (Fsp3) is 0.706. The Labute approximate surface area is 142 Å². The van der Waals surface area contributed by atoms with E-state index in [1.54, 1.807) is 18.4 Å². The number of thiophene rings is 1. The number of methoxy groups -OCH3 is 1. The van der Waals surface area contributed by atoms with Crippen LogP contribution >= 0.6 is 11.3 Å². The summed E-state index contributed by atoms with van der Waals surface area (Å²) in [5.41, 5.74) is 0. The quantitative estimate of drug-likeness (QED) is 0.816. The van der Waals surface area contributed by atoms with Gasteiger partial charge in [0, 0.05) is 50.6 Å². The number of hydrogen-bond acceptors (Lipinski definition) is 5. The van der Waals surface area contributed by atoms with Crippen molar-refractivity contribution >= 4 is 17.2 Å². The second kappa shape index (κ2) is 8.24. The van der Waals surface area contributed by atoms with Crippen LogP contribution in [0.2, 0.25) is 0 Å². The predicted octanol–water partition coefficient (Wildman–Crippen LogP) is 1.49. The van der Waals surface area contributed by atoms with Gasteiger partial charge in [-0.05, 0) is 17.9 Å². The molecule has 0 aliphatic carbocycles. The van der Waals surface area contributed by atoms with E-state index < -0.39 is 0 Å². The van der Waals surface area contributed by atoms with Crippen molar-refractivity contribution < 1.29 is 14.3 Å². The van der Waals surface area contributed by atoms with Gasteiger partial charge in [-0.2, -0.15) is 0 Å². The number of nitrogens with zero attached hydrogens (tertiary/aromatic N) is 2. The Morgan fingerprint density at radius 3 is 3.13 bits per heavy atom. The first-order valence-electron chi connectivity index (χ1n) is 8.39. The van der Waals surface area contributed by atoms with E-state index in [4.69, 9.17) is 9.47 Å². The lowest BCUT2D eigenvalue weighted by atomic mass is 9.93. The molecule has 2 atom stereocenters. The molecular formula is C17H26N2O3S. The van der Waals surface area contributed by atoms with Crippen LogP contribution in [0.5, 0.6) is 0 Å². The van der Waals surface area contributed by atoms with Crippen LogP contribution in [0.15, 0.2) is 17.5 Å². The fourth-order valence-electron chi connectivity index (χ4n) is 3.44. The SMILES string of the molecule is COCCN1CCO[C@@H]2CN(C(=O)Cc3cccs3)CC[C@@H]2C1. The maximum absolute atomic E-state index is 12.5. The lowest BCUT2D eigenvalue weighted by Crippen LogP contribution is -2.49. The van der Waals surface area contributed by atoms with E-state index >= 15 is 0 Å². The lowest BCUT2D eigenvalue weighted by molar-refractivity contribution is -0.136. The minimum Gasteiger partial charge on any atom is -0.383 e. The number of hydrogen-bond donors (Lipinski definition) is 0. The van der Waals surface area contributed by atoms with Crippen LogP contribution in [0.3, 0.4) is 0 Å². The average molecular weight is 338 g/mol. The van der Waals surface area contributed by atoms with Gasteiger partial charge in [0.2, 0.25) is 5.91 Å². The minimum atomic E-state index is 0.184. The molecule has 1 aromatic heterocycles. The summed E-state index contributed by atoms with van der Waals surface area (Å²) in [4.78, 5) is 18.0. The Balaban J connectivity index is 1.53. The van der Waals surface area contributed by atoms with E-state index in [2.05, 4.69) is 4.90 Å². The summed E-state index contributed by atoms with van der Waals surface area (Å²) in [5, 5.41) is 2.03. The predicted molar refractivity (Wildman–Crippen MR) is 90.8 cm³/mol. The van der Waals surface area contributed by atoms with Gasteiger partial charge in [0.25, 0.3) is 0 Å². The van der Waals surface area contributed by atoms with Crippen molar-refractivity contribution in [3.63, 3.8) is 0 Å². The van der Waals surface area contributed by atoms with Crippen molar-refractivity contribution in [3.05, 3.63) is 22.4 Å². The third-order valence-corrected chi connectivity index (χ3v) is 5.67. The lowest BCUT2D eigenvalue weighted by Gasteiger charge is -2.38. The van der Waals surface area contributed by atoms with Gasteiger partial charge in [-0.25, -0.2) is 0 Å². The number of ether oxygens (including phenoxy) is 2. The molecule has 1 amide bonds. The van der Waals surface area contributed by atoms with Crippen LogP contribution in [-0.4, -0.2) is 74.9 Å². The van der Waals surface area contributed by atoms with Crippen LogP contribution in [0.1, 0.15) is 11.3 Å². The number of likely N-dealkylation sites (tertiary alicyclic amines) is 1. The van der Waals surface area contributed by atoms with Gasteiger partial charge in [0.1, 0.15) is 0 Å². The molecule has 0 bridgehead atoms. The van der Waals surface area contributed by atoms with Gasteiger partial charge >= 0.3 is 0 Å². The van der Waals surface area contributed by atoms with Crippen LogP contribution in [0, 0.1) is 5.92 Å². The number of amides is 1. The minimum absolute atomic E-state index is 0.184. The number of rotatable bonds is 5. The Morgan fingerprint density at radius 1 is 1.43 bits per heavy atom. The summed E-state index contributed by atoms with van der Waals surface area (Å²) >= 11 is 1.65. The molecule has 3 heterocycles. The first-order valence-corrected chi connectivity index (χ1v) is 9.27. The molecule has 2 aliphatic rings. The fourth-order valence-corrected chi connectivity index (χ4v) is 4.14. The van der Waals surface area contributed by atoms with Gasteiger partial charge in [-0.1, -0.05) is 6.07 Å². The van der Waals surface area contributed by atoms with Crippen molar-refractivity contribution in [1.82, 2.24) is 9.80 Å². The number of piperidine rings is 1. The molecule has 0 aromatic carbocycles. The van der Waals surface area contributed by atoms with Crippen molar-refractivity contribution in [1.29, 1.82) is 0 Å². The zero-order valence-corrected chi connectivity index (χ0v) is 14.6. The summed E-state index contributed by atoms with van der Waals surface area (Å²) in [5.74, 6) is 0.759. The molecule has 128 valence electrons. The molecule has 2 saturated heterocycles. The molecule has 23 heavy (non-hydrogen) atoms. The highest BCUT2D eigenvalue weighted by atomic mass is 32.1. The summed E-state index contributed by atoms with van der Waals surface area (Å²) < 4.78 is 11.2. The molecule has 5 nitrogen and oxygen atoms in total. The summed E-state index contributed by atoms with van der Waals surface area (Å²) in [6.07, 6.45) is 1.74. The third kappa shape index (κ3) is 4.53. The summed E-state index contributed by atoms with van der Waals surface area (Å²) in [6, 6.07) is 4.04. The van der Waals surface area contributed by atoms with E-state index in [9.17, 15) is 4.79 Å². The molecule has 6 heteroatoms. The number of carbonyl (C=O) groups is 1. The van der Waals surface area contributed by atoms with E-state index in [-0.39, 0.29) is 12.0 Å². The molecule has 0 saturated carbocycles. The normalized spacial score (nSPS) is 25.9. The molecule has 0 spiro atoms. The van der Waals surface area contributed by atoms with Gasteiger partial charge in [0.15, 0.2) is 0 Å². The maximum atomic E-state index is 12.5. The third-order valence-electron chi connectivity index (χ3n) is 4.80. The highest BCUT2D eigenvalue weighted by molar-refractivity contribution is 7.10. The Kier molecular flexibility index (Phi) is 6.05. The second-order valence-electron chi connectivity index (χ2n) is 6.35. The first-order chi connectivity index (χ1) is 11.3. The molecule has 2 fully saturated rings. The van der Waals surface area contributed by atoms with E-state index in [1.165, 1.54) is 0 Å². The van der Waals surface area contributed by atoms with Crippen LogP contribution in [0.25, 0.3) is 0 Å². The number of carbonyl (C=O) groups excluding carboxylic acids is 1. The highest BCUT2D eigenvalue weighted by Crippen LogP contribution is 2.25. The van der Waals surface area contributed by atoms with E-state index in [1.807, 2.05) is 22.4 Å². The molecule has 0 N–H and O–H groups in total.